The van der Waals surface area contributed by atoms with E-state index in [0.717, 1.165) is 11.1 Å². The molecular formula is C19H19NO4. The molecule has 24 heavy (non-hydrogen) atoms. The normalized spacial score (nSPS) is 19.9. The Bertz CT molecular complexity index is 717. The fourth-order valence-corrected chi connectivity index (χ4v) is 3.07. The number of carbonyl (C=O) groups is 2. The van der Waals surface area contributed by atoms with E-state index in [9.17, 15) is 14.7 Å². The predicted octanol–water partition coefficient (Wildman–Crippen LogP) is 3.05. The Morgan fingerprint density at radius 3 is 2.29 bits per heavy atom. The van der Waals surface area contributed by atoms with Gasteiger partial charge in [-0.2, -0.15) is 0 Å². The third-order valence-corrected chi connectivity index (χ3v) is 4.47. The Hall–Kier alpha value is -2.82. The van der Waals surface area contributed by atoms with Gasteiger partial charge in [0, 0.05) is 13.1 Å². The van der Waals surface area contributed by atoms with Crippen LogP contribution in [0.15, 0.2) is 60.7 Å². The highest BCUT2D eigenvalue weighted by Gasteiger charge is 2.48. The van der Waals surface area contributed by atoms with Gasteiger partial charge < -0.3 is 14.7 Å². The van der Waals surface area contributed by atoms with Crippen LogP contribution in [0.1, 0.15) is 17.5 Å². The minimum absolute atomic E-state index is 0.125. The minimum atomic E-state index is -1.06. The summed E-state index contributed by atoms with van der Waals surface area (Å²) in [5.41, 5.74) is 0.556. The predicted molar refractivity (Wildman–Crippen MR) is 88.6 cm³/mol. The van der Waals surface area contributed by atoms with Crippen molar-refractivity contribution in [3.8, 4) is 0 Å². The smallest absolute Gasteiger partial charge is 0.410 e. The fraction of sp³-hybridized carbons (Fsp3) is 0.263. The maximum Gasteiger partial charge on any atom is 0.410 e. The molecule has 2 aromatic carbocycles. The third-order valence-electron chi connectivity index (χ3n) is 4.47. The van der Waals surface area contributed by atoms with Crippen LogP contribution >= 0.6 is 0 Å². The lowest BCUT2D eigenvalue weighted by atomic mass is 9.80. The lowest BCUT2D eigenvalue weighted by Gasteiger charge is -2.25. The van der Waals surface area contributed by atoms with Crippen molar-refractivity contribution in [2.75, 3.05) is 13.1 Å². The average molecular weight is 325 g/mol. The van der Waals surface area contributed by atoms with Crippen molar-refractivity contribution in [1.82, 2.24) is 4.90 Å². The first-order valence-corrected chi connectivity index (χ1v) is 7.86. The van der Waals surface area contributed by atoms with Crippen molar-refractivity contribution in [1.29, 1.82) is 0 Å². The first-order valence-electron chi connectivity index (χ1n) is 7.86. The van der Waals surface area contributed by atoms with E-state index in [1.165, 1.54) is 4.90 Å². The number of aliphatic carboxylic acids is 1. The number of nitrogens with zero attached hydrogens (tertiary/aromatic N) is 1. The van der Waals surface area contributed by atoms with Crippen molar-refractivity contribution in [2.45, 2.75) is 18.4 Å². The summed E-state index contributed by atoms with van der Waals surface area (Å²) in [6, 6.07) is 18.5. The molecule has 1 aliphatic rings. The van der Waals surface area contributed by atoms with Crippen LogP contribution in [0.5, 0.6) is 0 Å². The third kappa shape index (κ3) is 3.11. The van der Waals surface area contributed by atoms with Gasteiger partial charge in [0.05, 0.1) is 0 Å². The van der Waals surface area contributed by atoms with Gasteiger partial charge in [-0.1, -0.05) is 60.7 Å². The average Bonchev–Trinajstić information content (AvgIpc) is 3.08. The molecule has 0 spiro atoms. The number of carboxylic acids is 1. The molecule has 2 aromatic rings. The number of rotatable bonds is 4. The molecule has 1 heterocycles. The van der Waals surface area contributed by atoms with Gasteiger partial charge >= 0.3 is 12.1 Å². The molecule has 1 aliphatic heterocycles. The molecule has 0 aliphatic carbocycles. The number of benzene rings is 2. The Labute approximate surface area is 140 Å². The molecule has 0 bridgehead atoms. The van der Waals surface area contributed by atoms with Crippen LogP contribution < -0.4 is 0 Å². The van der Waals surface area contributed by atoms with E-state index >= 15 is 0 Å². The van der Waals surface area contributed by atoms with Crippen LogP contribution in [0, 0.1) is 0 Å². The second-order valence-corrected chi connectivity index (χ2v) is 5.97. The summed E-state index contributed by atoms with van der Waals surface area (Å²) in [5, 5.41) is 9.75. The van der Waals surface area contributed by atoms with Gasteiger partial charge in [-0.15, -0.1) is 0 Å². The molecule has 1 fully saturated rings. The highest BCUT2D eigenvalue weighted by Crippen LogP contribution is 2.35. The number of carbonyl (C=O) groups excluding carboxylic acids is 1. The Balaban J connectivity index is 1.69. The van der Waals surface area contributed by atoms with E-state index in [0.29, 0.717) is 13.0 Å². The largest absolute Gasteiger partial charge is 0.481 e. The topological polar surface area (TPSA) is 66.8 Å². The molecule has 3 rings (SSSR count). The van der Waals surface area contributed by atoms with Gasteiger partial charge in [0.15, 0.2) is 0 Å². The molecule has 0 radical (unpaired) electrons. The quantitative estimate of drug-likeness (QED) is 0.938. The first-order chi connectivity index (χ1) is 11.6. The molecule has 0 saturated carbocycles. The zero-order valence-corrected chi connectivity index (χ0v) is 13.2. The van der Waals surface area contributed by atoms with Gasteiger partial charge in [-0.3, -0.25) is 4.79 Å². The Morgan fingerprint density at radius 2 is 1.67 bits per heavy atom. The Kier molecular flexibility index (Phi) is 4.51. The van der Waals surface area contributed by atoms with Crippen molar-refractivity contribution in [2.24, 2.45) is 0 Å². The standard InChI is InChI=1S/C19H19NO4/c21-17(22)19(16-9-5-2-6-10-16)11-12-20(14-19)18(23)24-13-15-7-3-1-4-8-15/h1-10H,11-14H2,(H,21,22)/t19-/m0/s1. The summed E-state index contributed by atoms with van der Waals surface area (Å²) in [6.07, 6.45) is -0.0924. The first kappa shape index (κ1) is 16.1. The maximum absolute atomic E-state index is 12.3. The van der Waals surface area contributed by atoms with Crippen molar-refractivity contribution in [3.05, 3.63) is 71.8 Å². The van der Waals surface area contributed by atoms with Crippen LogP contribution in [-0.4, -0.2) is 35.2 Å². The summed E-state index contributed by atoms with van der Waals surface area (Å²) in [6.45, 7) is 0.677. The summed E-state index contributed by atoms with van der Waals surface area (Å²) in [5.74, 6) is -0.910. The lowest BCUT2D eigenvalue weighted by molar-refractivity contribution is -0.143. The Morgan fingerprint density at radius 1 is 1.04 bits per heavy atom. The molecular weight excluding hydrogens is 306 g/mol. The maximum atomic E-state index is 12.3. The monoisotopic (exact) mass is 325 g/mol. The van der Waals surface area contributed by atoms with Gasteiger partial charge in [-0.05, 0) is 17.5 Å². The molecule has 0 unspecified atom stereocenters. The molecule has 0 aromatic heterocycles. The number of carboxylic acid groups (broad SMARTS) is 1. The van der Waals surface area contributed by atoms with Crippen molar-refractivity contribution in [3.63, 3.8) is 0 Å². The minimum Gasteiger partial charge on any atom is -0.481 e. The molecule has 124 valence electrons. The van der Waals surface area contributed by atoms with E-state index in [-0.39, 0.29) is 13.2 Å². The number of ether oxygens (including phenoxy) is 1. The second-order valence-electron chi connectivity index (χ2n) is 5.97. The molecule has 1 saturated heterocycles. The fourth-order valence-electron chi connectivity index (χ4n) is 3.07. The van der Waals surface area contributed by atoms with Crippen LogP contribution in [0.4, 0.5) is 4.79 Å². The molecule has 5 heteroatoms. The zero-order valence-electron chi connectivity index (χ0n) is 13.2. The van der Waals surface area contributed by atoms with Crippen LogP contribution in [0.25, 0.3) is 0 Å². The molecule has 1 amide bonds. The van der Waals surface area contributed by atoms with E-state index in [4.69, 9.17) is 4.74 Å². The van der Waals surface area contributed by atoms with Gasteiger partial charge in [0.25, 0.3) is 0 Å². The van der Waals surface area contributed by atoms with Crippen LogP contribution in [-0.2, 0) is 21.6 Å². The van der Waals surface area contributed by atoms with Crippen LogP contribution in [0.2, 0.25) is 0 Å². The van der Waals surface area contributed by atoms with Gasteiger partial charge in [0.1, 0.15) is 12.0 Å². The van der Waals surface area contributed by atoms with Gasteiger partial charge in [0.2, 0.25) is 0 Å². The van der Waals surface area contributed by atoms with E-state index in [1.807, 2.05) is 48.5 Å². The highest BCUT2D eigenvalue weighted by atomic mass is 16.6. The summed E-state index contributed by atoms with van der Waals surface area (Å²) < 4.78 is 5.32. The number of amides is 1. The second kappa shape index (κ2) is 6.74. The summed E-state index contributed by atoms with van der Waals surface area (Å²) in [7, 11) is 0. The SMILES string of the molecule is O=C(OCc1ccccc1)N1CC[C@@](C(=O)O)(c2ccccc2)C1. The molecule has 1 N–H and O–H groups in total. The molecule has 5 nitrogen and oxygen atoms in total. The zero-order chi connectivity index (χ0) is 17.0. The number of likely N-dealkylation sites (tertiary alicyclic amines) is 1. The van der Waals surface area contributed by atoms with Gasteiger partial charge in [-0.25, -0.2) is 4.79 Å². The summed E-state index contributed by atoms with van der Waals surface area (Å²) >= 11 is 0. The number of hydrogen-bond donors (Lipinski definition) is 1. The molecule has 1 atom stereocenters. The van der Waals surface area contributed by atoms with Crippen molar-refractivity contribution >= 4 is 12.1 Å². The van der Waals surface area contributed by atoms with Crippen LogP contribution in [0.3, 0.4) is 0 Å². The van der Waals surface area contributed by atoms with E-state index in [2.05, 4.69) is 0 Å². The lowest BCUT2D eigenvalue weighted by Crippen LogP contribution is -2.40. The summed E-state index contributed by atoms with van der Waals surface area (Å²) in [4.78, 5) is 25.6. The van der Waals surface area contributed by atoms with E-state index < -0.39 is 17.5 Å². The van der Waals surface area contributed by atoms with E-state index in [1.54, 1.807) is 12.1 Å². The number of hydrogen-bond acceptors (Lipinski definition) is 3. The van der Waals surface area contributed by atoms with Crippen molar-refractivity contribution < 1.29 is 19.4 Å². The highest BCUT2D eigenvalue weighted by molar-refractivity contribution is 5.84.